The largest absolute Gasteiger partial charge is 0.493 e. The topological polar surface area (TPSA) is 45.4 Å². The molecule has 22 heavy (non-hydrogen) atoms. The lowest BCUT2D eigenvalue weighted by Gasteiger charge is -2.15. The molecule has 1 heterocycles. The van der Waals surface area contributed by atoms with E-state index in [0.717, 1.165) is 5.56 Å². The summed E-state index contributed by atoms with van der Waals surface area (Å²) in [6.07, 6.45) is 1.68. The molecule has 116 valence electrons. The lowest BCUT2D eigenvalue weighted by atomic mass is 10.1. The lowest BCUT2D eigenvalue weighted by molar-refractivity contribution is 0.355. The first kappa shape index (κ1) is 16.0. The second-order valence-corrected chi connectivity index (χ2v) is 5.10. The third-order valence-corrected chi connectivity index (χ3v) is 3.78. The minimum absolute atomic E-state index is 0.183. The van der Waals surface area contributed by atoms with Crippen molar-refractivity contribution in [2.24, 2.45) is 7.05 Å². The van der Waals surface area contributed by atoms with Crippen LogP contribution in [0.5, 0.6) is 11.5 Å². The highest BCUT2D eigenvalue weighted by atomic mass is 32.1. The summed E-state index contributed by atoms with van der Waals surface area (Å²) in [5.74, 6) is 1.22. The standard InChI is InChI=1S/C16H18N2O3S/c1-5-8-18-12(10-15(22)17(2)16(18)19)11-6-7-13(20-3)14(9-11)21-4/h5-7,9-10H,1,8H2,2-4H3. The molecule has 1 aromatic carbocycles. The van der Waals surface area contributed by atoms with Gasteiger partial charge in [0.1, 0.15) is 4.64 Å². The molecule has 0 atom stereocenters. The minimum atomic E-state index is -0.183. The van der Waals surface area contributed by atoms with Crippen LogP contribution in [0.3, 0.4) is 0 Å². The predicted octanol–water partition coefficient (Wildman–Crippen LogP) is 2.79. The van der Waals surface area contributed by atoms with Crippen LogP contribution in [0, 0.1) is 4.64 Å². The fraction of sp³-hybridized carbons (Fsp3) is 0.250. The molecule has 0 amide bonds. The van der Waals surface area contributed by atoms with Crippen LogP contribution in [0.15, 0.2) is 41.7 Å². The Hall–Kier alpha value is -2.34. The van der Waals surface area contributed by atoms with Gasteiger partial charge in [-0.15, -0.1) is 6.58 Å². The zero-order chi connectivity index (χ0) is 16.3. The second kappa shape index (κ2) is 6.62. The Labute approximate surface area is 134 Å². The first-order valence-corrected chi connectivity index (χ1v) is 7.08. The smallest absolute Gasteiger partial charge is 0.329 e. The normalized spacial score (nSPS) is 10.3. The van der Waals surface area contributed by atoms with Crippen LogP contribution in [0.1, 0.15) is 0 Å². The van der Waals surface area contributed by atoms with E-state index in [-0.39, 0.29) is 5.69 Å². The molecule has 0 saturated heterocycles. The Kier molecular flexibility index (Phi) is 4.82. The lowest BCUT2D eigenvalue weighted by Crippen LogP contribution is -2.30. The molecule has 0 radical (unpaired) electrons. The van der Waals surface area contributed by atoms with Crippen molar-refractivity contribution in [1.29, 1.82) is 0 Å². The van der Waals surface area contributed by atoms with E-state index in [0.29, 0.717) is 28.4 Å². The quantitative estimate of drug-likeness (QED) is 0.628. The number of hydrogen-bond acceptors (Lipinski definition) is 4. The van der Waals surface area contributed by atoms with Gasteiger partial charge in [0.25, 0.3) is 0 Å². The van der Waals surface area contributed by atoms with E-state index < -0.39 is 0 Å². The summed E-state index contributed by atoms with van der Waals surface area (Å²) >= 11 is 5.25. The maximum atomic E-state index is 12.4. The first-order chi connectivity index (χ1) is 10.5. The number of nitrogens with zero attached hydrogens (tertiary/aromatic N) is 2. The SMILES string of the molecule is C=CCn1c(-c2ccc(OC)c(OC)c2)cc(=S)n(C)c1=O. The maximum Gasteiger partial charge on any atom is 0.329 e. The van der Waals surface area contributed by atoms with Crippen molar-refractivity contribution in [3.63, 3.8) is 0 Å². The van der Waals surface area contributed by atoms with Gasteiger partial charge in [-0.1, -0.05) is 18.3 Å². The van der Waals surface area contributed by atoms with Crippen molar-refractivity contribution in [2.75, 3.05) is 14.2 Å². The van der Waals surface area contributed by atoms with Crippen molar-refractivity contribution in [2.45, 2.75) is 6.54 Å². The highest BCUT2D eigenvalue weighted by molar-refractivity contribution is 7.71. The summed E-state index contributed by atoms with van der Waals surface area (Å²) in [7, 11) is 4.81. The van der Waals surface area contributed by atoms with Gasteiger partial charge in [0.15, 0.2) is 11.5 Å². The predicted molar refractivity (Wildman–Crippen MR) is 89.2 cm³/mol. The van der Waals surface area contributed by atoms with Crippen LogP contribution < -0.4 is 15.2 Å². The molecular formula is C16H18N2O3S. The summed E-state index contributed by atoms with van der Waals surface area (Å²) in [4.78, 5) is 12.4. The van der Waals surface area contributed by atoms with E-state index in [1.165, 1.54) is 4.57 Å². The molecule has 0 N–H and O–H groups in total. The Morgan fingerprint density at radius 3 is 2.50 bits per heavy atom. The molecule has 0 fully saturated rings. The molecule has 0 saturated carbocycles. The van der Waals surface area contributed by atoms with Gasteiger partial charge in [-0.25, -0.2) is 4.79 Å². The van der Waals surface area contributed by atoms with Crippen molar-refractivity contribution in [1.82, 2.24) is 9.13 Å². The van der Waals surface area contributed by atoms with Gasteiger partial charge in [-0.2, -0.15) is 0 Å². The van der Waals surface area contributed by atoms with Crippen LogP contribution in [0.2, 0.25) is 0 Å². The van der Waals surface area contributed by atoms with E-state index in [1.807, 2.05) is 12.1 Å². The van der Waals surface area contributed by atoms with Gasteiger partial charge in [0.05, 0.1) is 19.9 Å². The summed E-state index contributed by atoms with van der Waals surface area (Å²) in [5.41, 5.74) is 1.36. The second-order valence-electron chi connectivity index (χ2n) is 4.68. The Morgan fingerprint density at radius 2 is 1.91 bits per heavy atom. The average Bonchev–Trinajstić information content (AvgIpc) is 2.54. The van der Waals surface area contributed by atoms with Crippen molar-refractivity contribution >= 4 is 12.2 Å². The molecule has 0 aliphatic rings. The van der Waals surface area contributed by atoms with E-state index >= 15 is 0 Å². The molecule has 0 aliphatic heterocycles. The average molecular weight is 318 g/mol. The van der Waals surface area contributed by atoms with Crippen LogP contribution in [0.4, 0.5) is 0 Å². The molecule has 2 rings (SSSR count). The molecule has 0 spiro atoms. The molecule has 6 heteroatoms. The Balaban J connectivity index is 2.74. The van der Waals surface area contributed by atoms with Gasteiger partial charge < -0.3 is 9.47 Å². The van der Waals surface area contributed by atoms with Crippen molar-refractivity contribution in [3.8, 4) is 22.8 Å². The Bertz CT molecular complexity index is 821. The summed E-state index contributed by atoms with van der Waals surface area (Å²) in [6, 6.07) is 7.28. The van der Waals surface area contributed by atoms with Crippen LogP contribution >= 0.6 is 12.2 Å². The van der Waals surface area contributed by atoms with Crippen molar-refractivity contribution < 1.29 is 9.47 Å². The summed E-state index contributed by atoms with van der Waals surface area (Å²) in [6.45, 7) is 4.10. The van der Waals surface area contributed by atoms with Gasteiger partial charge >= 0.3 is 5.69 Å². The van der Waals surface area contributed by atoms with E-state index in [2.05, 4.69) is 6.58 Å². The minimum Gasteiger partial charge on any atom is -0.493 e. The third-order valence-electron chi connectivity index (χ3n) is 3.39. The fourth-order valence-corrected chi connectivity index (χ4v) is 2.40. The maximum absolute atomic E-state index is 12.4. The van der Waals surface area contributed by atoms with Crippen LogP contribution in [0.25, 0.3) is 11.3 Å². The fourth-order valence-electron chi connectivity index (χ4n) is 2.21. The number of methoxy groups -OCH3 is 2. The zero-order valence-electron chi connectivity index (χ0n) is 12.8. The zero-order valence-corrected chi connectivity index (χ0v) is 13.6. The molecule has 5 nitrogen and oxygen atoms in total. The molecule has 0 bridgehead atoms. The van der Waals surface area contributed by atoms with Gasteiger partial charge in [0.2, 0.25) is 0 Å². The molecular weight excluding hydrogens is 300 g/mol. The number of aromatic nitrogens is 2. The van der Waals surface area contributed by atoms with Crippen LogP contribution in [-0.4, -0.2) is 23.4 Å². The Morgan fingerprint density at radius 1 is 1.23 bits per heavy atom. The van der Waals surface area contributed by atoms with E-state index in [9.17, 15) is 4.79 Å². The van der Waals surface area contributed by atoms with Gasteiger partial charge in [0, 0.05) is 19.2 Å². The highest BCUT2D eigenvalue weighted by Gasteiger charge is 2.12. The van der Waals surface area contributed by atoms with Gasteiger partial charge in [-0.05, 0) is 24.3 Å². The first-order valence-electron chi connectivity index (χ1n) is 6.67. The summed E-state index contributed by atoms with van der Waals surface area (Å²) in [5, 5.41) is 0. The number of benzene rings is 1. The number of hydrogen-bond donors (Lipinski definition) is 0. The molecule has 0 unspecified atom stereocenters. The highest BCUT2D eigenvalue weighted by Crippen LogP contribution is 2.31. The summed E-state index contributed by atoms with van der Waals surface area (Å²) < 4.78 is 14.1. The number of allylic oxidation sites excluding steroid dienone is 1. The monoisotopic (exact) mass is 318 g/mol. The number of ether oxygens (including phenoxy) is 2. The molecule has 2 aromatic rings. The van der Waals surface area contributed by atoms with E-state index in [4.69, 9.17) is 21.7 Å². The van der Waals surface area contributed by atoms with Crippen LogP contribution in [-0.2, 0) is 13.6 Å². The molecule has 0 aliphatic carbocycles. The number of rotatable bonds is 5. The van der Waals surface area contributed by atoms with Crippen molar-refractivity contribution in [3.05, 3.63) is 52.0 Å². The molecule has 1 aromatic heterocycles. The van der Waals surface area contributed by atoms with E-state index in [1.54, 1.807) is 44.0 Å². The third kappa shape index (κ3) is 2.82. The van der Waals surface area contributed by atoms with Gasteiger partial charge in [-0.3, -0.25) is 9.13 Å².